The first-order valence-electron chi connectivity index (χ1n) is 8.27. The Morgan fingerprint density at radius 2 is 2.05 bits per heavy atom. The summed E-state index contributed by atoms with van der Waals surface area (Å²) in [6.07, 6.45) is 9.36. The molecule has 0 atom stereocenters. The van der Waals surface area contributed by atoms with Crippen molar-refractivity contribution in [3.63, 3.8) is 0 Å². The molecule has 5 nitrogen and oxygen atoms in total. The molecule has 0 radical (unpaired) electrons. The Morgan fingerprint density at radius 3 is 2.73 bits per heavy atom. The molecule has 2 saturated carbocycles. The van der Waals surface area contributed by atoms with E-state index in [9.17, 15) is 5.11 Å². The van der Waals surface area contributed by atoms with Crippen molar-refractivity contribution in [2.75, 3.05) is 17.2 Å². The van der Waals surface area contributed by atoms with E-state index < -0.39 is 5.60 Å². The third-order valence-corrected chi connectivity index (χ3v) is 5.26. The van der Waals surface area contributed by atoms with Gasteiger partial charge in [-0.05, 0) is 60.9 Å². The van der Waals surface area contributed by atoms with Gasteiger partial charge in [0, 0.05) is 18.8 Å². The smallest absolute Gasteiger partial charge is 0.224 e. The number of nitrogens with one attached hydrogen (secondary N) is 2. The number of hydrogen-bond donors (Lipinski definition) is 3. The molecule has 22 heavy (non-hydrogen) atoms. The molecule has 3 N–H and O–H groups in total. The molecule has 0 spiro atoms. The topological polar surface area (TPSA) is 70.1 Å². The molecule has 0 aliphatic heterocycles. The largest absolute Gasteiger partial charge is 0.390 e. The van der Waals surface area contributed by atoms with E-state index in [-0.39, 0.29) is 0 Å². The number of hydrogen-bond acceptors (Lipinski definition) is 5. The Balaban J connectivity index is 1.55. The van der Waals surface area contributed by atoms with Crippen molar-refractivity contribution in [1.82, 2.24) is 9.97 Å². The summed E-state index contributed by atoms with van der Waals surface area (Å²) in [5, 5.41) is 16.8. The molecule has 0 aromatic carbocycles. The van der Waals surface area contributed by atoms with E-state index in [4.69, 9.17) is 0 Å². The maximum atomic E-state index is 10.0. The van der Waals surface area contributed by atoms with E-state index in [0.29, 0.717) is 12.0 Å². The van der Waals surface area contributed by atoms with Crippen molar-refractivity contribution in [3.8, 4) is 0 Å². The first-order chi connectivity index (χ1) is 10.5. The molecule has 0 bridgehead atoms. The third-order valence-electron chi connectivity index (χ3n) is 4.68. The van der Waals surface area contributed by atoms with Crippen LogP contribution in [0.15, 0.2) is 10.7 Å². The molecule has 122 valence electrons. The Kier molecular flexibility index (Phi) is 4.88. The van der Waals surface area contributed by atoms with Crippen molar-refractivity contribution in [2.45, 2.75) is 63.5 Å². The Bertz CT molecular complexity index is 509. The van der Waals surface area contributed by atoms with Gasteiger partial charge < -0.3 is 15.7 Å². The highest BCUT2D eigenvalue weighted by molar-refractivity contribution is 9.10. The molecule has 1 aromatic heterocycles. The lowest BCUT2D eigenvalue weighted by molar-refractivity contribution is 0.0196. The van der Waals surface area contributed by atoms with Crippen LogP contribution in [0.3, 0.4) is 0 Å². The van der Waals surface area contributed by atoms with Gasteiger partial charge >= 0.3 is 0 Å². The molecule has 3 rings (SSSR count). The maximum Gasteiger partial charge on any atom is 0.224 e. The first kappa shape index (κ1) is 16.0. The first-order valence-corrected chi connectivity index (χ1v) is 9.06. The minimum absolute atomic E-state index is 0.366. The Hall–Kier alpha value is -0.880. The zero-order valence-corrected chi connectivity index (χ0v) is 14.7. The molecule has 2 aliphatic rings. The molecule has 0 amide bonds. The van der Waals surface area contributed by atoms with Gasteiger partial charge in [-0.2, -0.15) is 4.98 Å². The van der Waals surface area contributed by atoms with Gasteiger partial charge in [0.2, 0.25) is 5.95 Å². The minimum atomic E-state index is -0.503. The van der Waals surface area contributed by atoms with Crippen molar-refractivity contribution >= 4 is 27.7 Å². The predicted octanol–water partition coefficient (Wildman–Crippen LogP) is 3.56. The van der Waals surface area contributed by atoms with Crippen LogP contribution in [0, 0.1) is 5.92 Å². The van der Waals surface area contributed by atoms with Gasteiger partial charge in [0.15, 0.2) is 0 Å². The summed E-state index contributed by atoms with van der Waals surface area (Å²) >= 11 is 3.52. The van der Waals surface area contributed by atoms with E-state index >= 15 is 0 Å². The number of nitrogens with zero attached hydrogens (tertiary/aromatic N) is 2. The summed E-state index contributed by atoms with van der Waals surface area (Å²) < 4.78 is 0.887. The number of aromatic nitrogens is 2. The van der Waals surface area contributed by atoms with Gasteiger partial charge in [-0.25, -0.2) is 4.98 Å². The second-order valence-corrected chi connectivity index (χ2v) is 7.82. The molecular formula is C16H25BrN4O. The van der Waals surface area contributed by atoms with Gasteiger partial charge in [-0.1, -0.05) is 12.8 Å². The summed E-state index contributed by atoms with van der Waals surface area (Å²) in [6.45, 7) is 2.86. The van der Waals surface area contributed by atoms with E-state index in [2.05, 4.69) is 36.5 Å². The second kappa shape index (κ2) is 6.71. The lowest BCUT2D eigenvalue weighted by Gasteiger charge is -2.33. The minimum Gasteiger partial charge on any atom is -0.390 e. The van der Waals surface area contributed by atoms with Crippen LogP contribution in [0.2, 0.25) is 0 Å². The second-order valence-electron chi connectivity index (χ2n) is 6.96. The lowest BCUT2D eigenvalue weighted by atomic mass is 9.84. The molecule has 2 fully saturated rings. The van der Waals surface area contributed by atoms with Crippen LogP contribution in [0.25, 0.3) is 0 Å². The summed E-state index contributed by atoms with van der Waals surface area (Å²) in [6, 6.07) is 0.366. The summed E-state index contributed by atoms with van der Waals surface area (Å²) in [5.74, 6) is 2.44. The lowest BCUT2D eigenvalue weighted by Crippen LogP contribution is -2.36. The van der Waals surface area contributed by atoms with Gasteiger partial charge in [-0.15, -0.1) is 0 Å². The van der Waals surface area contributed by atoms with E-state index in [1.54, 1.807) is 6.20 Å². The molecule has 0 unspecified atom stereocenters. The normalized spacial score (nSPS) is 28.4. The van der Waals surface area contributed by atoms with Gasteiger partial charge in [0.05, 0.1) is 10.1 Å². The van der Waals surface area contributed by atoms with Crippen molar-refractivity contribution in [1.29, 1.82) is 0 Å². The maximum absolute atomic E-state index is 10.0. The van der Waals surface area contributed by atoms with Crippen LogP contribution >= 0.6 is 15.9 Å². The molecule has 0 saturated heterocycles. The standard InChI is InChI=1S/C16H25BrN4O/c1-16(22)7-4-12(5-8-16)20-14-13(17)10-19-15(21-14)18-9-6-11-2-3-11/h10-12,22H,2-9H2,1H3,(H2,18,19,20,21)/t12-,16-. The molecule has 6 heteroatoms. The number of halogens is 1. The van der Waals surface area contributed by atoms with Gasteiger partial charge in [0.25, 0.3) is 0 Å². The average Bonchev–Trinajstić information content (AvgIpc) is 3.29. The fourth-order valence-corrected chi connectivity index (χ4v) is 3.23. The van der Waals surface area contributed by atoms with Crippen molar-refractivity contribution in [2.24, 2.45) is 5.92 Å². The monoisotopic (exact) mass is 368 g/mol. The number of aliphatic hydroxyl groups is 1. The SMILES string of the molecule is C[C@]1(O)CC[C@H](Nc2nc(NCCC3CC3)ncc2Br)CC1. The quantitative estimate of drug-likeness (QED) is 0.715. The zero-order valence-electron chi connectivity index (χ0n) is 13.1. The average molecular weight is 369 g/mol. The van der Waals surface area contributed by atoms with Crippen molar-refractivity contribution in [3.05, 3.63) is 10.7 Å². The van der Waals surface area contributed by atoms with Gasteiger partial charge in [0.1, 0.15) is 5.82 Å². The number of anilines is 2. The van der Waals surface area contributed by atoms with E-state index in [1.165, 1.54) is 19.3 Å². The zero-order chi connectivity index (χ0) is 15.6. The van der Waals surface area contributed by atoms with Crippen molar-refractivity contribution < 1.29 is 5.11 Å². The summed E-state index contributed by atoms with van der Waals surface area (Å²) in [7, 11) is 0. The van der Waals surface area contributed by atoms with Crippen LogP contribution in [0.1, 0.15) is 51.9 Å². The fraction of sp³-hybridized carbons (Fsp3) is 0.750. The van der Waals surface area contributed by atoms with Crippen LogP contribution in [0.4, 0.5) is 11.8 Å². The highest BCUT2D eigenvalue weighted by Crippen LogP contribution is 2.32. The molecular weight excluding hydrogens is 344 g/mol. The van der Waals surface area contributed by atoms with Crippen LogP contribution in [-0.2, 0) is 0 Å². The number of rotatable bonds is 6. The Labute approximate surface area is 140 Å². The predicted molar refractivity (Wildman–Crippen MR) is 92.1 cm³/mol. The third kappa shape index (κ3) is 4.56. The summed E-state index contributed by atoms with van der Waals surface area (Å²) in [5.41, 5.74) is -0.503. The fourth-order valence-electron chi connectivity index (χ4n) is 2.93. The van der Waals surface area contributed by atoms with E-state index in [0.717, 1.165) is 48.4 Å². The Morgan fingerprint density at radius 1 is 1.32 bits per heavy atom. The molecule has 1 aromatic rings. The summed E-state index contributed by atoms with van der Waals surface area (Å²) in [4.78, 5) is 8.90. The van der Waals surface area contributed by atoms with Gasteiger partial charge in [-0.3, -0.25) is 0 Å². The highest BCUT2D eigenvalue weighted by Gasteiger charge is 2.29. The molecule has 1 heterocycles. The molecule has 2 aliphatic carbocycles. The van der Waals surface area contributed by atoms with Crippen LogP contribution in [-0.4, -0.2) is 33.3 Å². The van der Waals surface area contributed by atoms with Crippen LogP contribution < -0.4 is 10.6 Å². The highest BCUT2D eigenvalue weighted by atomic mass is 79.9. The van der Waals surface area contributed by atoms with Crippen LogP contribution in [0.5, 0.6) is 0 Å². The van der Waals surface area contributed by atoms with E-state index in [1.807, 2.05) is 6.92 Å².